The zero-order valence-electron chi connectivity index (χ0n) is 9.51. The molecular formula is C13H13ClN2O. The Kier molecular flexibility index (Phi) is 4.07. The molecular weight excluding hydrogens is 236 g/mol. The van der Waals surface area contributed by atoms with Gasteiger partial charge in [0.2, 0.25) is 0 Å². The van der Waals surface area contributed by atoms with Gasteiger partial charge in [0.05, 0.1) is 11.6 Å². The fourth-order valence-corrected chi connectivity index (χ4v) is 1.78. The van der Waals surface area contributed by atoms with Crippen LogP contribution in [0.4, 0.5) is 0 Å². The molecule has 88 valence electrons. The lowest BCUT2D eigenvalue weighted by molar-refractivity contribution is 0.129. The van der Waals surface area contributed by atoms with E-state index in [2.05, 4.69) is 9.97 Å². The van der Waals surface area contributed by atoms with Crippen LogP contribution in [-0.4, -0.2) is 17.1 Å². The second kappa shape index (κ2) is 5.75. The van der Waals surface area contributed by atoms with Crippen molar-refractivity contribution in [3.8, 4) is 0 Å². The smallest absolute Gasteiger partial charge is 0.162 e. The van der Waals surface area contributed by atoms with Crippen LogP contribution in [0.5, 0.6) is 0 Å². The molecule has 0 aliphatic rings. The van der Waals surface area contributed by atoms with Crippen molar-refractivity contribution in [3.05, 3.63) is 59.7 Å². The summed E-state index contributed by atoms with van der Waals surface area (Å²) < 4.78 is 5.45. The molecule has 17 heavy (non-hydrogen) atoms. The van der Waals surface area contributed by atoms with Gasteiger partial charge in [0.1, 0.15) is 6.10 Å². The maximum absolute atomic E-state index is 5.76. The van der Waals surface area contributed by atoms with Gasteiger partial charge in [-0.2, -0.15) is 0 Å². The highest BCUT2D eigenvalue weighted by Crippen LogP contribution is 2.22. The van der Waals surface area contributed by atoms with E-state index in [1.807, 2.05) is 30.3 Å². The monoisotopic (exact) mass is 248 g/mol. The van der Waals surface area contributed by atoms with Crippen molar-refractivity contribution in [2.45, 2.75) is 12.0 Å². The van der Waals surface area contributed by atoms with Gasteiger partial charge in [0, 0.05) is 13.3 Å². The Hall–Kier alpha value is -1.45. The second-order valence-electron chi connectivity index (χ2n) is 3.57. The van der Waals surface area contributed by atoms with E-state index >= 15 is 0 Å². The molecule has 0 saturated heterocycles. The summed E-state index contributed by atoms with van der Waals surface area (Å²) in [4.78, 5) is 8.61. The summed E-state index contributed by atoms with van der Waals surface area (Å²) in [7, 11) is 1.65. The Labute approximate surface area is 105 Å². The summed E-state index contributed by atoms with van der Waals surface area (Å²) >= 11 is 5.76. The van der Waals surface area contributed by atoms with Gasteiger partial charge in [0.25, 0.3) is 0 Å². The summed E-state index contributed by atoms with van der Waals surface area (Å²) in [6.45, 7) is 0. The third-order valence-corrected chi connectivity index (χ3v) is 2.72. The van der Waals surface area contributed by atoms with Gasteiger partial charge in [-0.15, -0.1) is 11.6 Å². The number of methoxy groups -OCH3 is 1. The molecule has 0 N–H and O–H groups in total. The maximum atomic E-state index is 5.76. The van der Waals surface area contributed by atoms with Crippen LogP contribution in [0.15, 0.2) is 42.6 Å². The second-order valence-corrected chi connectivity index (χ2v) is 3.83. The molecule has 1 aromatic heterocycles. The molecule has 1 aromatic carbocycles. The third kappa shape index (κ3) is 2.81. The number of rotatable bonds is 4. The van der Waals surface area contributed by atoms with Crippen LogP contribution in [0.2, 0.25) is 0 Å². The van der Waals surface area contributed by atoms with E-state index in [0.29, 0.717) is 11.7 Å². The molecule has 0 aliphatic carbocycles. The summed E-state index contributed by atoms with van der Waals surface area (Å²) in [5, 5.41) is 0. The van der Waals surface area contributed by atoms with Gasteiger partial charge in [0.15, 0.2) is 5.82 Å². The average molecular weight is 249 g/mol. The number of halogens is 1. The first kappa shape index (κ1) is 12.0. The van der Waals surface area contributed by atoms with Gasteiger partial charge < -0.3 is 4.74 Å². The molecule has 0 bridgehead atoms. The van der Waals surface area contributed by atoms with Gasteiger partial charge >= 0.3 is 0 Å². The number of nitrogens with zero attached hydrogens (tertiary/aromatic N) is 2. The molecule has 0 radical (unpaired) electrons. The fraction of sp³-hybridized carbons (Fsp3) is 0.231. The molecule has 1 atom stereocenters. The Morgan fingerprint density at radius 1 is 1.24 bits per heavy atom. The highest BCUT2D eigenvalue weighted by Gasteiger charge is 2.16. The van der Waals surface area contributed by atoms with Crippen LogP contribution in [0.25, 0.3) is 0 Å². The van der Waals surface area contributed by atoms with E-state index in [0.717, 1.165) is 11.3 Å². The highest BCUT2D eigenvalue weighted by molar-refractivity contribution is 6.16. The van der Waals surface area contributed by atoms with Crippen LogP contribution >= 0.6 is 11.6 Å². The fourth-order valence-electron chi connectivity index (χ4n) is 1.63. The lowest BCUT2D eigenvalue weighted by Crippen LogP contribution is -2.09. The number of ether oxygens (including phenoxy) is 1. The number of hydrogen-bond donors (Lipinski definition) is 0. The molecule has 1 heterocycles. The van der Waals surface area contributed by atoms with Crippen molar-refractivity contribution in [1.82, 2.24) is 9.97 Å². The summed E-state index contributed by atoms with van der Waals surface area (Å²) in [6.07, 6.45) is 1.45. The minimum Gasteiger partial charge on any atom is -0.369 e. The molecule has 0 saturated carbocycles. The normalized spacial score (nSPS) is 12.4. The highest BCUT2D eigenvalue weighted by atomic mass is 35.5. The van der Waals surface area contributed by atoms with Crippen molar-refractivity contribution in [1.29, 1.82) is 0 Å². The van der Waals surface area contributed by atoms with E-state index in [4.69, 9.17) is 16.3 Å². The number of aromatic nitrogens is 2. The first-order valence-corrected chi connectivity index (χ1v) is 5.84. The minimum absolute atomic E-state index is 0.251. The Morgan fingerprint density at radius 2 is 2.00 bits per heavy atom. The summed E-state index contributed by atoms with van der Waals surface area (Å²) in [5.41, 5.74) is 1.83. The van der Waals surface area contributed by atoms with E-state index in [1.165, 1.54) is 0 Å². The minimum atomic E-state index is -0.251. The third-order valence-electron chi connectivity index (χ3n) is 2.44. The summed E-state index contributed by atoms with van der Waals surface area (Å²) in [6, 6.07) is 11.7. The lowest BCUT2D eigenvalue weighted by atomic mass is 10.1. The van der Waals surface area contributed by atoms with Crippen molar-refractivity contribution in [3.63, 3.8) is 0 Å². The van der Waals surface area contributed by atoms with Gasteiger partial charge in [-0.3, -0.25) is 0 Å². The van der Waals surface area contributed by atoms with Crippen molar-refractivity contribution in [2.75, 3.05) is 7.11 Å². The van der Waals surface area contributed by atoms with Crippen molar-refractivity contribution < 1.29 is 4.74 Å². The molecule has 2 aromatic rings. The van der Waals surface area contributed by atoms with Crippen LogP contribution in [0, 0.1) is 0 Å². The van der Waals surface area contributed by atoms with Crippen LogP contribution in [0.1, 0.15) is 23.2 Å². The lowest BCUT2D eigenvalue weighted by Gasteiger charge is -2.14. The van der Waals surface area contributed by atoms with Gasteiger partial charge in [-0.1, -0.05) is 30.3 Å². The molecule has 0 aliphatic heterocycles. The first-order chi connectivity index (χ1) is 8.35. The van der Waals surface area contributed by atoms with Crippen LogP contribution in [-0.2, 0) is 10.6 Å². The first-order valence-electron chi connectivity index (χ1n) is 5.30. The predicted molar refractivity (Wildman–Crippen MR) is 66.9 cm³/mol. The Morgan fingerprint density at radius 3 is 2.65 bits per heavy atom. The zero-order valence-corrected chi connectivity index (χ0v) is 10.3. The van der Waals surface area contributed by atoms with Crippen molar-refractivity contribution >= 4 is 11.6 Å². The van der Waals surface area contributed by atoms with Crippen LogP contribution < -0.4 is 0 Å². The molecule has 4 heteroatoms. The van der Waals surface area contributed by atoms with Gasteiger partial charge in [-0.25, -0.2) is 9.97 Å². The van der Waals surface area contributed by atoms with Crippen LogP contribution in [0.3, 0.4) is 0 Å². The predicted octanol–water partition coefficient (Wildman–Crippen LogP) is 2.95. The molecule has 0 spiro atoms. The van der Waals surface area contributed by atoms with E-state index in [9.17, 15) is 0 Å². The SMILES string of the molecule is COC(c1ccccc1)c1nccc(CCl)n1. The van der Waals surface area contributed by atoms with Crippen molar-refractivity contribution in [2.24, 2.45) is 0 Å². The number of hydrogen-bond acceptors (Lipinski definition) is 3. The topological polar surface area (TPSA) is 35.0 Å². The van der Waals surface area contributed by atoms with Gasteiger partial charge in [-0.05, 0) is 11.6 Å². The van der Waals surface area contributed by atoms with E-state index < -0.39 is 0 Å². The zero-order chi connectivity index (χ0) is 12.1. The molecule has 0 fully saturated rings. The Bertz CT molecular complexity index is 476. The standard InChI is InChI=1S/C13H13ClN2O/c1-17-12(10-5-3-2-4-6-10)13-15-8-7-11(9-14)16-13/h2-8,12H,9H2,1H3. The average Bonchev–Trinajstić information content (AvgIpc) is 2.41. The molecule has 0 amide bonds. The number of benzene rings is 1. The quantitative estimate of drug-likeness (QED) is 0.781. The summed E-state index contributed by atoms with van der Waals surface area (Å²) in [5.74, 6) is 1.01. The molecule has 3 nitrogen and oxygen atoms in total. The number of alkyl halides is 1. The largest absolute Gasteiger partial charge is 0.369 e. The van der Waals surface area contributed by atoms with E-state index in [-0.39, 0.29) is 6.10 Å². The maximum Gasteiger partial charge on any atom is 0.162 e. The molecule has 2 rings (SSSR count). The van der Waals surface area contributed by atoms with E-state index in [1.54, 1.807) is 19.4 Å². The molecule has 1 unspecified atom stereocenters. The Balaban J connectivity index is 2.35.